The fraction of sp³-hybridized carbons (Fsp3) is 0.118. The highest BCUT2D eigenvalue weighted by Gasteiger charge is 2.36. The average molecular weight is 382 g/mol. The van der Waals surface area contributed by atoms with E-state index in [1.54, 1.807) is 6.07 Å². The molecule has 0 unspecified atom stereocenters. The molecule has 0 saturated heterocycles. The lowest BCUT2D eigenvalue weighted by Crippen LogP contribution is -2.08. The lowest BCUT2D eigenvalue weighted by molar-refractivity contribution is -0.137. The zero-order valence-electron chi connectivity index (χ0n) is 13.2. The molecule has 5 nitrogen and oxygen atoms in total. The van der Waals surface area contributed by atoms with Crippen LogP contribution in [0.15, 0.2) is 68.9 Å². The van der Waals surface area contributed by atoms with Crippen LogP contribution in [0.3, 0.4) is 0 Å². The van der Waals surface area contributed by atoms with E-state index in [0.29, 0.717) is 0 Å². The zero-order valence-corrected chi connectivity index (χ0v) is 14.0. The van der Waals surface area contributed by atoms with Gasteiger partial charge in [-0.1, -0.05) is 30.3 Å². The standard InChI is InChI=1S/C17H13F3N2O3S/c18-17(19,20)13-9-5-4-8-12(13)15-22-16(14(10-21)25-15)26(23,24)11-6-2-1-3-7-11/h1-9H,10,21H2. The summed E-state index contributed by atoms with van der Waals surface area (Å²) >= 11 is 0. The number of aromatic nitrogens is 1. The normalized spacial score (nSPS) is 12.3. The molecule has 0 fully saturated rings. The quantitative estimate of drug-likeness (QED) is 0.744. The van der Waals surface area contributed by atoms with Crippen LogP contribution in [0.1, 0.15) is 11.3 Å². The van der Waals surface area contributed by atoms with Gasteiger partial charge in [-0.05, 0) is 24.3 Å². The summed E-state index contributed by atoms with van der Waals surface area (Å²) in [5, 5.41) is -0.488. The summed E-state index contributed by atoms with van der Waals surface area (Å²) in [5.41, 5.74) is 4.18. The number of sulfone groups is 1. The van der Waals surface area contributed by atoms with E-state index in [0.717, 1.165) is 12.1 Å². The molecule has 1 aromatic heterocycles. The molecular formula is C17H13F3N2O3S. The Morgan fingerprint density at radius 3 is 2.23 bits per heavy atom. The van der Waals surface area contributed by atoms with E-state index in [1.807, 2.05) is 0 Å². The Morgan fingerprint density at radius 2 is 1.62 bits per heavy atom. The minimum Gasteiger partial charge on any atom is -0.438 e. The monoisotopic (exact) mass is 382 g/mol. The lowest BCUT2D eigenvalue weighted by atomic mass is 10.1. The summed E-state index contributed by atoms with van der Waals surface area (Å²) in [7, 11) is -4.08. The van der Waals surface area contributed by atoms with E-state index < -0.39 is 32.5 Å². The second-order valence-electron chi connectivity index (χ2n) is 5.31. The molecule has 1 heterocycles. The van der Waals surface area contributed by atoms with Crippen molar-refractivity contribution in [3.8, 4) is 11.5 Å². The Balaban J connectivity index is 2.19. The molecule has 0 aliphatic heterocycles. The number of oxazole rings is 1. The molecule has 9 heteroatoms. The highest BCUT2D eigenvalue weighted by Crippen LogP contribution is 2.38. The Morgan fingerprint density at radius 1 is 1.00 bits per heavy atom. The van der Waals surface area contributed by atoms with Gasteiger partial charge in [0.15, 0.2) is 5.76 Å². The van der Waals surface area contributed by atoms with Crippen molar-refractivity contribution in [2.75, 3.05) is 0 Å². The van der Waals surface area contributed by atoms with Crippen LogP contribution in [-0.2, 0) is 22.6 Å². The number of alkyl halides is 3. The predicted molar refractivity (Wildman–Crippen MR) is 86.7 cm³/mol. The first-order valence-electron chi connectivity index (χ1n) is 7.41. The largest absolute Gasteiger partial charge is 0.438 e. The maximum absolute atomic E-state index is 13.2. The van der Waals surface area contributed by atoms with Gasteiger partial charge in [-0.3, -0.25) is 0 Å². The smallest absolute Gasteiger partial charge is 0.417 e. The summed E-state index contributed by atoms with van der Waals surface area (Å²) in [6.45, 7) is -0.331. The molecule has 0 aliphatic carbocycles. The third kappa shape index (κ3) is 3.23. The third-order valence-electron chi connectivity index (χ3n) is 3.62. The van der Waals surface area contributed by atoms with E-state index in [9.17, 15) is 21.6 Å². The van der Waals surface area contributed by atoms with Crippen molar-refractivity contribution >= 4 is 9.84 Å². The number of benzene rings is 2. The van der Waals surface area contributed by atoms with Crippen molar-refractivity contribution in [3.63, 3.8) is 0 Å². The fourth-order valence-electron chi connectivity index (χ4n) is 2.42. The van der Waals surface area contributed by atoms with Crippen LogP contribution in [-0.4, -0.2) is 13.4 Å². The van der Waals surface area contributed by atoms with Crippen molar-refractivity contribution in [2.24, 2.45) is 5.73 Å². The molecule has 26 heavy (non-hydrogen) atoms. The summed E-state index contributed by atoms with van der Waals surface area (Å²) in [4.78, 5) is 3.78. The minimum atomic E-state index is -4.65. The molecule has 0 aliphatic rings. The topological polar surface area (TPSA) is 86.2 Å². The Hall–Kier alpha value is -2.65. The molecule has 0 spiro atoms. The number of nitrogens with zero attached hydrogens (tertiary/aromatic N) is 1. The van der Waals surface area contributed by atoms with Gasteiger partial charge < -0.3 is 10.2 Å². The van der Waals surface area contributed by atoms with Gasteiger partial charge in [0, 0.05) is 5.56 Å². The van der Waals surface area contributed by atoms with Crippen LogP contribution in [0.5, 0.6) is 0 Å². The van der Waals surface area contributed by atoms with Crippen molar-refractivity contribution in [3.05, 3.63) is 65.9 Å². The highest BCUT2D eigenvalue weighted by atomic mass is 32.2. The highest BCUT2D eigenvalue weighted by molar-refractivity contribution is 7.91. The van der Waals surface area contributed by atoms with Crippen LogP contribution >= 0.6 is 0 Å². The van der Waals surface area contributed by atoms with E-state index in [4.69, 9.17) is 10.2 Å². The molecule has 2 N–H and O–H groups in total. The minimum absolute atomic E-state index is 0.0568. The summed E-state index contributed by atoms with van der Waals surface area (Å²) in [6, 6.07) is 12.0. The second-order valence-corrected chi connectivity index (χ2v) is 7.18. The molecule has 136 valence electrons. The molecule has 3 rings (SSSR count). The van der Waals surface area contributed by atoms with E-state index in [1.165, 1.54) is 36.4 Å². The molecule has 0 bridgehead atoms. The molecular weight excluding hydrogens is 369 g/mol. The van der Waals surface area contributed by atoms with Gasteiger partial charge in [-0.2, -0.15) is 18.2 Å². The van der Waals surface area contributed by atoms with Crippen LogP contribution in [0, 0.1) is 0 Å². The van der Waals surface area contributed by atoms with E-state index >= 15 is 0 Å². The average Bonchev–Trinajstić information content (AvgIpc) is 3.07. The first-order chi connectivity index (χ1) is 12.2. The van der Waals surface area contributed by atoms with Gasteiger partial charge in [-0.15, -0.1) is 0 Å². The van der Waals surface area contributed by atoms with E-state index in [-0.39, 0.29) is 22.8 Å². The Bertz CT molecular complexity index is 1030. The maximum Gasteiger partial charge on any atom is 0.417 e. The molecule has 0 amide bonds. The second kappa shape index (κ2) is 6.58. The summed E-state index contributed by atoms with van der Waals surface area (Å²) in [6.07, 6.45) is -4.65. The number of hydrogen-bond donors (Lipinski definition) is 1. The number of hydrogen-bond acceptors (Lipinski definition) is 5. The summed E-state index contributed by atoms with van der Waals surface area (Å²) < 4.78 is 70.4. The van der Waals surface area contributed by atoms with Crippen LogP contribution in [0.2, 0.25) is 0 Å². The molecule has 3 aromatic rings. The van der Waals surface area contributed by atoms with Gasteiger partial charge in [0.2, 0.25) is 20.8 Å². The Kier molecular flexibility index (Phi) is 4.59. The fourth-order valence-corrected chi connectivity index (χ4v) is 3.79. The van der Waals surface area contributed by atoms with Gasteiger partial charge in [-0.25, -0.2) is 8.42 Å². The van der Waals surface area contributed by atoms with Crippen molar-refractivity contribution < 1.29 is 26.0 Å². The molecule has 0 atom stereocenters. The van der Waals surface area contributed by atoms with Gasteiger partial charge in [0.1, 0.15) is 0 Å². The Labute approximate surface area is 147 Å². The van der Waals surface area contributed by atoms with Crippen molar-refractivity contribution in [1.29, 1.82) is 0 Å². The number of nitrogens with two attached hydrogens (primary N) is 1. The van der Waals surface area contributed by atoms with Gasteiger partial charge in [0.25, 0.3) is 0 Å². The number of halogens is 3. The molecule has 2 aromatic carbocycles. The van der Waals surface area contributed by atoms with Crippen LogP contribution in [0.4, 0.5) is 13.2 Å². The SMILES string of the molecule is NCc1oc(-c2ccccc2C(F)(F)F)nc1S(=O)(=O)c1ccccc1. The predicted octanol–water partition coefficient (Wildman–Crippen LogP) is 3.65. The van der Waals surface area contributed by atoms with Crippen LogP contribution < -0.4 is 5.73 Å². The molecule has 0 radical (unpaired) electrons. The van der Waals surface area contributed by atoms with Gasteiger partial charge >= 0.3 is 6.18 Å². The first kappa shape index (κ1) is 18.2. The number of rotatable bonds is 4. The first-order valence-corrected chi connectivity index (χ1v) is 8.90. The van der Waals surface area contributed by atoms with Crippen LogP contribution in [0.25, 0.3) is 11.5 Å². The third-order valence-corrected chi connectivity index (χ3v) is 5.34. The van der Waals surface area contributed by atoms with Crippen molar-refractivity contribution in [2.45, 2.75) is 22.6 Å². The summed E-state index contributed by atoms with van der Waals surface area (Å²) in [5.74, 6) is -0.659. The molecule has 0 saturated carbocycles. The lowest BCUT2D eigenvalue weighted by Gasteiger charge is -2.09. The van der Waals surface area contributed by atoms with Crippen molar-refractivity contribution in [1.82, 2.24) is 4.98 Å². The van der Waals surface area contributed by atoms with Gasteiger partial charge in [0.05, 0.1) is 17.0 Å². The zero-order chi connectivity index (χ0) is 18.9. The van der Waals surface area contributed by atoms with E-state index in [2.05, 4.69) is 4.98 Å². The maximum atomic E-state index is 13.2.